The molecule has 0 aliphatic carbocycles. The van der Waals surface area contributed by atoms with Crippen LogP contribution in [0.5, 0.6) is 0 Å². The SMILES string of the molecule is O=C(CSc1nnnn1-c1ccc(Cl)cc1)Nc1ccccc1C(F)(F)F. The number of hydrogen-bond acceptors (Lipinski definition) is 5. The summed E-state index contributed by atoms with van der Waals surface area (Å²) in [5.74, 6) is -0.775. The molecule has 27 heavy (non-hydrogen) atoms. The summed E-state index contributed by atoms with van der Waals surface area (Å²) in [5, 5.41) is 14.3. The molecular formula is C16H11ClF3N5OS. The lowest BCUT2D eigenvalue weighted by Crippen LogP contribution is -2.18. The van der Waals surface area contributed by atoms with E-state index in [9.17, 15) is 18.0 Å². The lowest BCUT2D eigenvalue weighted by atomic mass is 10.1. The predicted molar refractivity (Wildman–Crippen MR) is 95.0 cm³/mol. The number of nitrogens with zero attached hydrogens (tertiary/aromatic N) is 4. The zero-order valence-electron chi connectivity index (χ0n) is 13.4. The summed E-state index contributed by atoms with van der Waals surface area (Å²) >= 11 is 6.83. The van der Waals surface area contributed by atoms with Gasteiger partial charge in [-0.25, -0.2) is 0 Å². The maximum Gasteiger partial charge on any atom is 0.418 e. The third-order valence-corrected chi connectivity index (χ3v) is 4.52. The first-order chi connectivity index (χ1) is 12.8. The largest absolute Gasteiger partial charge is 0.418 e. The van der Waals surface area contributed by atoms with Gasteiger partial charge in [-0.15, -0.1) is 5.10 Å². The Labute approximate surface area is 160 Å². The van der Waals surface area contributed by atoms with E-state index in [4.69, 9.17) is 11.6 Å². The number of hydrogen-bond donors (Lipinski definition) is 1. The summed E-state index contributed by atoms with van der Waals surface area (Å²) < 4.78 is 40.3. The first-order valence-electron chi connectivity index (χ1n) is 7.48. The van der Waals surface area contributed by atoms with Gasteiger partial charge in [0.15, 0.2) is 0 Å². The Bertz CT molecular complexity index is 946. The number of anilines is 1. The number of rotatable bonds is 5. The molecule has 0 unspecified atom stereocenters. The first kappa shape index (κ1) is 19.2. The van der Waals surface area contributed by atoms with Gasteiger partial charge < -0.3 is 5.32 Å². The number of aromatic nitrogens is 4. The van der Waals surface area contributed by atoms with Gasteiger partial charge in [0.25, 0.3) is 0 Å². The average molecular weight is 414 g/mol. The topological polar surface area (TPSA) is 72.7 Å². The minimum atomic E-state index is -4.56. The number of thioether (sulfide) groups is 1. The Morgan fingerprint density at radius 3 is 2.56 bits per heavy atom. The number of para-hydroxylation sites is 1. The van der Waals surface area contributed by atoms with E-state index >= 15 is 0 Å². The van der Waals surface area contributed by atoms with Crippen molar-refractivity contribution in [3.05, 3.63) is 59.1 Å². The van der Waals surface area contributed by atoms with E-state index in [0.29, 0.717) is 15.9 Å². The number of carbonyl (C=O) groups excluding carboxylic acids is 1. The van der Waals surface area contributed by atoms with Crippen LogP contribution in [0.1, 0.15) is 5.56 Å². The molecule has 11 heteroatoms. The molecule has 1 N–H and O–H groups in total. The molecule has 0 saturated carbocycles. The summed E-state index contributed by atoms with van der Waals surface area (Å²) in [6, 6.07) is 11.5. The van der Waals surface area contributed by atoms with Crippen molar-refractivity contribution in [2.24, 2.45) is 0 Å². The third kappa shape index (κ3) is 4.77. The summed E-state index contributed by atoms with van der Waals surface area (Å²) in [5.41, 5.74) is -0.572. The van der Waals surface area contributed by atoms with Crippen LogP contribution in [0, 0.1) is 0 Å². The van der Waals surface area contributed by atoms with Gasteiger partial charge in [-0.1, -0.05) is 35.5 Å². The van der Waals surface area contributed by atoms with Crippen LogP contribution in [0.3, 0.4) is 0 Å². The number of tetrazole rings is 1. The van der Waals surface area contributed by atoms with Gasteiger partial charge in [-0.05, 0) is 46.8 Å². The Hall–Kier alpha value is -2.59. The molecule has 1 amide bonds. The number of alkyl halides is 3. The second-order valence-electron chi connectivity index (χ2n) is 5.23. The third-order valence-electron chi connectivity index (χ3n) is 3.35. The van der Waals surface area contributed by atoms with E-state index in [2.05, 4.69) is 20.8 Å². The molecule has 1 heterocycles. The first-order valence-corrected chi connectivity index (χ1v) is 8.84. The number of halogens is 4. The van der Waals surface area contributed by atoms with Crippen LogP contribution >= 0.6 is 23.4 Å². The fraction of sp³-hybridized carbons (Fsp3) is 0.125. The number of carbonyl (C=O) groups is 1. The van der Waals surface area contributed by atoms with Crippen LogP contribution in [0.4, 0.5) is 18.9 Å². The molecule has 0 aliphatic heterocycles. The van der Waals surface area contributed by atoms with Gasteiger partial charge in [0, 0.05) is 5.02 Å². The molecule has 0 radical (unpaired) electrons. The predicted octanol–water partition coefficient (Wildman–Crippen LogP) is 4.07. The molecule has 0 atom stereocenters. The highest BCUT2D eigenvalue weighted by Crippen LogP contribution is 2.34. The van der Waals surface area contributed by atoms with E-state index in [-0.39, 0.29) is 11.4 Å². The quantitative estimate of drug-likeness (QED) is 0.638. The van der Waals surface area contributed by atoms with Crippen molar-refractivity contribution in [3.63, 3.8) is 0 Å². The van der Waals surface area contributed by atoms with Crippen LogP contribution < -0.4 is 5.32 Å². The molecule has 140 valence electrons. The average Bonchev–Trinajstić information content (AvgIpc) is 3.09. The molecular weight excluding hydrogens is 403 g/mol. The molecule has 0 spiro atoms. The van der Waals surface area contributed by atoms with Gasteiger partial charge in [-0.2, -0.15) is 17.9 Å². The Kier molecular flexibility index (Phi) is 5.66. The van der Waals surface area contributed by atoms with E-state index in [1.54, 1.807) is 24.3 Å². The Balaban J connectivity index is 1.68. The minimum absolute atomic E-state index is 0.167. The second kappa shape index (κ2) is 7.97. The molecule has 6 nitrogen and oxygen atoms in total. The van der Waals surface area contributed by atoms with Gasteiger partial charge in [-0.3, -0.25) is 4.79 Å². The van der Waals surface area contributed by atoms with Crippen molar-refractivity contribution < 1.29 is 18.0 Å². The zero-order valence-corrected chi connectivity index (χ0v) is 15.0. The lowest BCUT2D eigenvalue weighted by Gasteiger charge is -2.13. The molecule has 2 aromatic carbocycles. The van der Waals surface area contributed by atoms with Crippen molar-refractivity contribution in [1.82, 2.24) is 20.2 Å². The van der Waals surface area contributed by atoms with Crippen LogP contribution in [0.15, 0.2) is 53.7 Å². The molecule has 0 saturated heterocycles. The monoisotopic (exact) mass is 413 g/mol. The molecule has 0 aliphatic rings. The van der Waals surface area contributed by atoms with Crippen molar-refractivity contribution in [3.8, 4) is 5.69 Å². The molecule has 3 aromatic rings. The maximum atomic E-state index is 13.0. The highest BCUT2D eigenvalue weighted by Gasteiger charge is 2.33. The van der Waals surface area contributed by atoms with E-state index in [1.807, 2.05) is 0 Å². The number of nitrogens with one attached hydrogen (secondary N) is 1. The standard InChI is InChI=1S/C16H11ClF3N5OS/c17-10-5-7-11(8-6-10)25-15(22-23-24-25)27-9-14(26)21-13-4-2-1-3-12(13)16(18,19)20/h1-8H,9H2,(H,21,26). The summed E-state index contributed by atoms with van der Waals surface area (Å²) in [6.07, 6.45) is -4.56. The van der Waals surface area contributed by atoms with Gasteiger partial charge >= 0.3 is 6.18 Å². The van der Waals surface area contributed by atoms with E-state index in [0.717, 1.165) is 17.8 Å². The fourth-order valence-electron chi connectivity index (χ4n) is 2.17. The summed E-state index contributed by atoms with van der Waals surface area (Å²) in [7, 11) is 0. The van der Waals surface area contributed by atoms with E-state index in [1.165, 1.54) is 22.9 Å². The molecule has 1 aromatic heterocycles. The van der Waals surface area contributed by atoms with Crippen LogP contribution in [0.2, 0.25) is 5.02 Å². The Morgan fingerprint density at radius 1 is 1.15 bits per heavy atom. The molecule has 0 bridgehead atoms. The lowest BCUT2D eigenvalue weighted by molar-refractivity contribution is -0.137. The van der Waals surface area contributed by atoms with Crippen molar-refractivity contribution in [2.45, 2.75) is 11.3 Å². The highest BCUT2D eigenvalue weighted by atomic mass is 35.5. The molecule has 3 rings (SSSR count). The number of amides is 1. The minimum Gasteiger partial charge on any atom is -0.325 e. The Morgan fingerprint density at radius 2 is 1.85 bits per heavy atom. The van der Waals surface area contributed by atoms with Gasteiger partial charge in [0.2, 0.25) is 11.1 Å². The van der Waals surface area contributed by atoms with Crippen molar-refractivity contribution in [1.29, 1.82) is 0 Å². The zero-order chi connectivity index (χ0) is 19.4. The van der Waals surface area contributed by atoms with Gasteiger partial charge in [0.1, 0.15) is 0 Å². The molecule has 0 fully saturated rings. The fourth-order valence-corrected chi connectivity index (χ4v) is 2.99. The normalized spacial score (nSPS) is 11.4. The smallest absolute Gasteiger partial charge is 0.325 e. The van der Waals surface area contributed by atoms with Crippen LogP contribution in [-0.4, -0.2) is 31.9 Å². The highest BCUT2D eigenvalue weighted by molar-refractivity contribution is 7.99. The van der Waals surface area contributed by atoms with Crippen LogP contribution in [-0.2, 0) is 11.0 Å². The number of benzene rings is 2. The van der Waals surface area contributed by atoms with Crippen molar-refractivity contribution >= 4 is 35.0 Å². The van der Waals surface area contributed by atoms with Crippen molar-refractivity contribution in [2.75, 3.05) is 11.1 Å². The van der Waals surface area contributed by atoms with Gasteiger partial charge in [0.05, 0.1) is 22.7 Å². The van der Waals surface area contributed by atoms with Crippen LogP contribution in [0.25, 0.3) is 5.69 Å². The second-order valence-corrected chi connectivity index (χ2v) is 6.61. The summed E-state index contributed by atoms with van der Waals surface area (Å²) in [4.78, 5) is 12.1. The van der Waals surface area contributed by atoms with E-state index < -0.39 is 17.6 Å². The summed E-state index contributed by atoms with van der Waals surface area (Å²) in [6.45, 7) is 0. The maximum absolute atomic E-state index is 13.0.